The molecule has 3 aliphatic heterocycles. The standard InChI is InChI=1S/C26H29ClFN5O3/c1-15(14-34)10-32-18-3-4-19(32)8-20(7-18)36-24-6-17(28)2-5-21(24)26(35)31-12-22-23(13-31)30-33-11-16(27)9-29-25(22)33/h2,5-6,9,11,15,18-20,34H,3-4,7-8,10,12-14H2,1H3/t15-,18-,19+,20?/m0/s1. The number of rotatable bonds is 6. The van der Waals surface area contributed by atoms with E-state index in [0.717, 1.165) is 43.5 Å². The Hall–Kier alpha value is -2.75. The number of aromatic nitrogens is 3. The van der Waals surface area contributed by atoms with E-state index in [1.807, 2.05) is 0 Å². The van der Waals surface area contributed by atoms with Crippen molar-refractivity contribution in [2.75, 3.05) is 13.2 Å². The van der Waals surface area contributed by atoms with E-state index in [1.54, 1.807) is 21.8 Å². The highest BCUT2D eigenvalue weighted by Crippen LogP contribution is 2.39. The van der Waals surface area contributed by atoms with Crippen LogP contribution in [0.2, 0.25) is 5.02 Å². The van der Waals surface area contributed by atoms with Gasteiger partial charge in [-0.3, -0.25) is 9.69 Å². The average molecular weight is 514 g/mol. The lowest BCUT2D eigenvalue weighted by atomic mass is 9.98. The van der Waals surface area contributed by atoms with Crippen LogP contribution < -0.4 is 4.74 Å². The van der Waals surface area contributed by atoms with Crippen LogP contribution in [0.25, 0.3) is 5.65 Å². The first-order chi connectivity index (χ1) is 17.4. The van der Waals surface area contributed by atoms with Crippen molar-refractivity contribution in [1.29, 1.82) is 0 Å². The zero-order chi connectivity index (χ0) is 25.0. The van der Waals surface area contributed by atoms with E-state index in [9.17, 15) is 14.3 Å². The molecule has 2 bridgehead atoms. The largest absolute Gasteiger partial charge is 0.489 e. The molecule has 0 aliphatic carbocycles. The summed E-state index contributed by atoms with van der Waals surface area (Å²) in [5.41, 5.74) is 2.71. The third kappa shape index (κ3) is 4.23. The number of aliphatic hydroxyl groups excluding tert-OH is 1. The highest BCUT2D eigenvalue weighted by Gasteiger charge is 2.42. The summed E-state index contributed by atoms with van der Waals surface area (Å²) in [6.45, 7) is 3.83. The summed E-state index contributed by atoms with van der Waals surface area (Å²) < 4.78 is 22.2. The molecule has 5 heterocycles. The van der Waals surface area contributed by atoms with Crippen molar-refractivity contribution in [3.8, 4) is 5.75 Å². The van der Waals surface area contributed by atoms with E-state index in [2.05, 4.69) is 21.9 Å². The minimum atomic E-state index is -0.429. The molecule has 0 radical (unpaired) electrons. The number of amides is 1. The van der Waals surface area contributed by atoms with Crippen molar-refractivity contribution in [2.24, 2.45) is 5.92 Å². The monoisotopic (exact) mass is 513 g/mol. The van der Waals surface area contributed by atoms with E-state index in [1.165, 1.54) is 18.2 Å². The van der Waals surface area contributed by atoms with E-state index in [-0.39, 0.29) is 24.5 Å². The van der Waals surface area contributed by atoms with Crippen LogP contribution in [-0.2, 0) is 13.1 Å². The molecule has 3 aliphatic rings. The number of benzene rings is 1. The molecule has 2 saturated heterocycles. The predicted molar refractivity (Wildman–Crippen MR) is 131 cm³/mol. The lowest BCUT2D eigenvalue weighted by molar-refractivity contribution is 0.0340. The Morgan fingerprint density at radius 2 is 2.06 bits per heavy atom. The first-order valence-corrected chi connectivity index (χ1v) is 12.9. The third-order valence-corrected chi connectivity index (χ3v) is 7.93. The van der Waals surface area contributed by atoms with Crippen LogP contribution in [0.1, 0.15) is 54.2 Å². The molecule has 1 N–H and O–H groups in total. The Bertz CT molecular complexity index is 1300. The molecule has 2 fully saturated rings. The van der Waals surface area contributed by atoms with Gasteiger partial charge >= 0.3 is 0 Å². The van der Waals surface area contributed by atoms with E-state index in [0.29, 0.717) is 47.2 Å². The summed E-state index contributed by atoms with van der Waals surface area (Å²) >= 11 is 6.02. The summed E-state index contributed by atoms with van der Waals surface area (Å²) in [7, 11) is 0. The predicted octanol–water partition coefficient (Wildman–Crippen LogP) is 3.68. The van der Waals surface area contributed by atoms with E-state index < -0.39 is 5.82 Å². The molecular weight excluding hydrogens is 485 g/mol. The number of aliphatic hydroxyl groups is 1. The second-order valence-corrected chi connectivity index (χ2v) is 10.8. The topological polar surface area (TPSA) is 83.2 Å². The quantitative estimate of drug-likeness (QED) is 0.541. The molecule has 1 unspecified atom stereocenters. The Labute approximate surface area is 213 Å². The van der Waals surface area contributed by atoms with Crippen LogP contribution in [0.15, 0.2) is 30.6 Å². The lowest BCUT2D eigenvalue weighted by Gasteiger charge is -2.40. The number of ether oxygens (including phenoxy) is 1. The van der Waals surface area contributed by atoms with Crippen LogP contribution in [0.3, 0.4) is 0 Å². The van der Waals surface area contributed by atoms with Gasteiger partial charge in [0.2, 0.25) is 0 Å². The van der Waals surface area contributed by atoms with Gasteiger partial charge in [0.1, 0.15) is 17.7 Å². The molecule has 1 aromatic carbocycles. The van der Waals surface area contributed by atoms with Gasteiger partial charge in [-0.15, -0.1) is 0 Å². The number of carbonyl (C=O) groups is 1. The second-order valence-electron chi connectivity index (χ2n) is 10.3. The number of nitrogens with zero attached hydrogens (tertiary/aromatic N) is 5. The van der Waals surface area contributed by atoms with Gasteiger partial charge in [0.05, 0.1) is 35.6 Å². The minimum Gasteiger partial charge on any atom is -0.489 e. The first kappa shape index (κ1) is 23.6. The second kappa shape index (κ2) is 9.28. The maximum absolute atomic E-state index is 14.3. The molecule has 36 heavy (non-hydrogen) atoms. The summed E-state index contributed by atoms with van der Waals surface area (Å²) in [5, 5.41) is 14.5. The summed E-state index contributed by atoms with van der Waals surface area (Å²) in [5.74, 6) is -0.113. The van der Waals surface area contributed by atoms with Gasteiger partial charge in [-0.2, -0.15) is 5.10 Å². The van der Waals surface area contributed by atoms with Gasteiger partial charge in [0.15, 0.2) is 5.65 Å². The fourth-order valence-corrected chi connectivity index (χ4v) is 6.16. The molecule has 3 aromatic rings. The van der Waals surface area contributed by atoms with Gasteiger partial charge in [-0.25, -0.2) is 13.9 Å². The Morgan fingerprint density at radius 1 is 1.28 bits per heavy atom. The molecule has 1 amide bonds. The van der Waals surface area contributed by atoms with Crippen molar-refractivity contribution in [2.45, 2.75) is 63.9 Å². The van der Waals surface area contributed by atoms with Crippen LogP contribution in [-0.4, -0.2) is 66.8 Å². The molecule has 6 rings (SSSR count). The fraction of sp³-hybridized carbons (Fsp3) is 0.500. The van der Waals surface area contributed by atoms with Crippen molar-refractivity contribution in [3.05, 3.63) is 58.3 Å². The number of fused-ring (bicyclic) bond motifs is 5. The number of carbonyl (C=O) groups excluding carboxylic acids is 1. The number of piperidine rings is 1. The van der Waals surface area contributed by atoms with Crippen LogP contribution >= 0.6 is 11.6 Å². The first-order valence-electron chi connectivity index (χ1n) is 12.5. The third-order valence-electron chi connectivity index (χ3n) is 7.74. The van der Waals surface area contributed by atoms with Crippen LogP contribution in [0.4, 0.5) is 4.39 Å². The molecule has 4 atom stereocenters. The molecule has 2 aromatic heterocycles. The van der Waals surface area contributed by atoms with E-state index >= 15 is 0 Å². The Balaban J connectivity index is 1.19. The zero-order valence-electron chi connectivity index (χ0n) is 20.1. The van der Waals surface area contributed by atoms with Gasteiger partial charge in [0.25, 0.3) is 5.91 Å². The van der Waals surface area contributed by atoms with Gasteiger partial charge < -0.3 is 14.7 Å². The normalized spacial score (nSPS) is 24.3. The van der Waals surface area contributed by atoms with Crippen molar-refractivity contribution in [1.82, 2.24) is 24.4 Å². The molecule has 8 nitrogen and oxygen atoms in total. The Morgan fingerprint density at radius 3 is 2.81 bits per heavy atom. The van der Waals surface area contributed by atoms with Crippen molar-refractivity contribution < 1.29 is 19.0 Å². The van der Waals surface area contributed by atoms with E-state index in [4.69, 9.17) is 16.3 Å². The maximum Gasteiger partial charge on any atom is 0.258 e. The minimum absolute atomic E-state index is 0.0783. The zero-order valence-corrected chi connectivity index (χ0v) is 20.9. The van der Waals surface area contributed by atoms with Crippen LogP contribution in [0.5, 0.6) is 5.75 Å². The smallest absolute Gasteiger partial charge is 0.258 e. The number of halogens is 2. The molecule has 0 spiro atoms. The van der Waals surface area contributed by atoms with Crippen molar-refractivity contribution in [3.63, 3.8) is 0 Å². The SMILES string of the molecule is C[C@H](CO)CN1[C@@H]2CC[C@H]1CC(Oc1cc(F)ccc1C(=O)N1Cc3nn4cc(Cl)cnc4c3C1)C2. The lowest BCUT2D eigenvalue weighted by Crippen LogP contribution is -2.48. The fourth-order valence-electron chi connectivity index (χ4n) is 6.02. The Kier molecular flexibility index (Phi) is 6.09. The maximum atomic E-state index is 14.3. The number of hydrogen-bond acceptors (Lipinski definition) is 6. The highest BCUT2D eigenvalue weighted by molar-refractivity contribution is 6.30. The molecule has 0 saturated carbocycles. The van der Waals surface area contributed by atoms with Gasteiger partial charge in [-0.05, 0) is 43.7 Å². The summed E-state index contributed by atoms with van der Waals surface area (Å²) in [6.07, 6.45) is 7.06. The highest BCUT2D eigenvalue weighted by atomic mass is 35.5. The van der Waals surface area contributed by atoms with Crippen molar-refractivity contribution >= 4 is 23.2 Å². The molecular formula is C26H29ClFN5O3. The van der Waals surface area contributed by atoms with Gasteiger partial charge in [0, 0.05) is 43.1 Å². The van der Waals surface area contributed by atoms with Crippen LogP contribution in [0, 0.1) is 11.7 Å². The molecule has 10 heteroatoms. The summed E-state index contributed by atoms with van der Waals surface area (Å²) in [6, 6.07) is 4.92. The molecule has 190 valence electrons. The number of hydrogen-bond donors (Lipinski definition) is 1. The average Bonchev–Trinajstić information content (AvgIpc) is 3.47. The summed E-state index contributed by atoms with van der Waals surface area (Å²) in [4.78, 5) is 22.1. The van der Waals surface area contributed by atoms with Gasteiger partial charge in [-0.1, -0.05) is 18.5 Å².